The first kappa shape index (κ1) is 9.91. The molecule has 72 valence electrons. The van der Waals surface area contributed by atoms with E-state index in [0.29, 0.717) is 4.77 Å². The molecule has 0 atom stereocenters. The number of primary amides is 1. The van der Waals surface area contributed by atoms with E-state index in [1.807, 2.05) is 13.8 Å². The van der Waals surface area contributed by atoms with E-state index in [-0.39, 0.29) is 12.3 Å². The van der Waals surface area contributed by atoms with Gasteiger partial charge in [0.05, 0.1) is 5.54 Å². The Balaban J connectivity index is 3.00. The molecule has 6 heteroatoms. The van der Waals surface area contributed by atoms with E-state index in [9.17, 15) is 4.79 Å². The summed E-state index contributed by atoms with van der Waals surface area (Å²) in [7, 11) is 0. The molecule has 1 aromatic heterocycles. The Morgan fingerprint density at radius 1 is 1.85 bits per heavy atom. The summed E-state index contributed by atoms with van der Waals surface area (Å²) in [4.78, 5) is 10.8. The van der Waals surface area contributed by atoms with Crippen LogP contribution < -0.4 is 5.73 Å². The fourth-order valence-corrected chi connectivity index (χ4v) is 1.54. The second-order valence-corrected chi connectivity index (χ2v) is 3.87. The van der Waals surface area contributed by atoms with Gasteiger partial charge in [-0.25, -0.2) is 0 Å². The van der Waals surface area contributed by atoms with Crippen LogP contribution in [0.25, 0.3) is 0 Å². The Morgan fingerprint density at radius 2 is 2.46 bits per heavy atom. The van der Waals surface area contributed by atoms with Crippen molar-refractivity contribution < 1.29 is 4.79 Å². The summed E-state index contributed by atoms with van der Waals surface area (Å²) in [6.07, 6.45) is 1.80. The average molecular weight is 200 g/mol. The standard InChI is InChI=1S/C7H12N4OS/c1-7(2,3-5(8)12)11-4-9-10-6(11)13/h4H,3H2,1-2H3,(H2,8,12)(H,10,13). The van der Waals surface area contributed by atoms with Crippen molar-refractivity contribution in [2.45, 2.75) is 25.8 Å². The first-order valence-corrected chi connectivity index (χ1v) is 4.25. The Morgan fingerprint density at radius 3 is 2.85 bits per heavy atom. The first-order valence-electron chi connectivity index (χ1n) is 3.84. The number of carbonyl (C=O) groups is 1. The molecule has 0 radical (unpaired) electrons. The molecule has 0 aromatic carbocycles. The van der Waals surface area contributed by atoms with Gasteiger partial charge in [-0.2, -0.15) is 5.10 Å². The highest BCUT2D eigenvalue weighted by atomic mass is 32.1. The van der Waals surface area contributed by atoms with Crippen molar-refractivity contribution in [3.05, 3.63) is 11.1 Å². The minimum atomic E-state index is -0.421. The van der Waals surface area contributed by atoms with Crippen LogP contribution in [0.15, 0.2) is 6.33 Å². The third-order valence-electron chi connectivity index (χ3n) is 1.81. The molecule has 1 aromatic rings. The van der Waals surface area contributed by atoms with Gasteiger partial charge < -0.3 is 10.3 Å². The molecule has 0 unspecified atom stereocenters. The number of amides is 1. The van der Waals surface area contributed by atoms with Crippen molar-refractivity contribution in [3.63, 3.8) is 0 Å². The monoisotopic (exact) mass is 200 g/mol. The van der Waals surface area contributed by atoms with Crippen molar-refractivity contribution in [3.8, 4) is 0 Å². The molecular formula is C7H12N4OS. The lowest BCUT2D eigenvalue weighted by atomic mass is 10.0. The molecule has 0 aliphatic rings. The van der Waals surface area contributed by atoms with Gasteiger partial charge in [-0.1, -0.05) is 0 Å². The van der Waals surface area contributed by atoms with Gasteiger partial charge in [-0.05, 0) is 26.1 Å². The molecule has 1 heterocycles. The molecule has 5 nitrogen and oxygen atoms in total. The largest absolute Gasteiger partial charge is 0.370 e. The van der Waals surface area contributed by atoms with Crippen LogP contribution in [-0.2, 0) is 10.3 Å². The summed E-state index contributed by atoms with van der Waals surface area (Å²) < 4.78 is 2.21. The molecule has 0 bridgehead atoms. The number of nitrogens with one attached hydrogen (secondary N) is 1. The summed E-state index contributed by atoms with van der Waals surface area (Å²) in [5.41, 5.74) is 4.70. The molecule has 13 heavy (non-hydrogen) atoms. The van der Waals surface area contributed by atoms with Crippen LogP contribution in [0.3, 0.4) is 0 Å². The predicted octanol–water partition coefficient (Wildman–Crippen LogP) is 0.551. The van der Waals surface area contributed by atoms with Crippen molar-refractivity contribution in [2.24, 2.45) is 5.73 Å². The lowest BCUT2D eigenvalue weighted by molar-refractivity contribution is -0.119. The number of aromatic nitrogens is 3. The highest BCUT2D eigenvalue weighted by Crippen LogP contribution is 2.18. The molecule has 0 saturated carbocycles. The Kier molecular flexibility index (Phi) is 2.51. The van der Waals surface area contributed by atoms with Crippen molar-refractivity contribution in [2.75, 3.05) is 0 Å². The van der Waals surface area contributed by atoms with E-state index in [0.717, 1.165) is 0 Å². The lowest BCUT2D eigenvalue weighted by Crippen LogP contribution is -2.31. The second-order valence-electron chi connectivity index (χ2n) is 3.49. The highest BCUT2D eigenvalue weighted by molar-refractivity contribution is 7.71. The molecule has 0 spiro atoms. The van der Waals surface area contributed by atoms with Crippen LogP contribution in [0.2, 0.25) is 0 Å². The lowest BCUT2D eigenvalue weighted by Gasteiger charge is -2.23. The third kappa shape index (κ3) is 2.15. The van der Waals surface area contributed by atoms with Gasteiger partial charge in [0, 0.05) is 6.42 Å². The van der Waals surface area contributed by atoms with E-state index < -0.39 is 5.54 Å². The van der Waals surface area contributed by atoms with Gasteiger partial charge in [0.25, 0.3) is 0 Å². The van der Waals surface area contributed by atoms with Crippen molar-refractivity contribution >= 4 is 18.1 Å². The number of hydrogen-bond donors (Lipinski definition) is 2. The van der Waals surface area contributed by atoms with Crippen LogP contribution >= 0.6 is 12.2 Å². The summed E-state index contributed by atoms with van der Waals surface area (Å²) >= 11 is 4.98. The molecule has 0 fully saturated rings. The summed E-state index contributed by atoms with van der Waals surface area (Å²) in [6.45, 7) is 3.76. The summed E-state index contributed by atoms with van der Waals surface area (Å²) in [5, 5.41) is 6.40. The first-order chi connectivity index (χ1) is 5.93. The third-order valence-corrected chi connectivity index (χ3v) is 2.10. The van der Waals surface area contributed by atoms with Gasteiger partial charge in [0.2, 0.25) is 5.91 Å². The van der Waals surface area contributed by atoms with Crippen LogP contribution in [0.5, 0.6) is 0 Å². The topological polar surface area (TPSA) is 76.7 Å². The average Bonchev–Trinajstić information content (AvgIpc) is 2.32. The zero-order valence-electron chi connectivity index (χ0n) is 7.57. The van der Waals surface area contributed by atoms with E-state index in [4.69, 9.17) is 18.0 Å². The molecule has 1 amide bonds. The highest BCUT2D eigenvalue weighted by Gasteiger charge is 2.23. The van der Waals surface area contributed by atoms with Gasteiger partial charge in [0.15, 0.2) is 4.77 Å². The maximum atomic E-state index is 10.8. The molecule has 0 aliphatic carbocycles. The fourth-order valence-electron chi connectivity index (χ4n) is 1.19. The molecule has 3 N–H and O–H groups in total. The van der Waals surface area contributed by atoms with Gasteiger partial charge >= 0.3 is 0 Å². The van der Waals surface area contributed by atoms with E-state index in [1.54, 1.807) is 10.9 Å². The predicted molar refractivity (Wildman–Crippen MR) is 50.5 cm³/mol. The number of carbonyl (C=O) groups excluding carboxylic acids is 1. The minimum Gasteiger partial charge on any atom is -0.370 e. The van der Waals surface area contributed by atoms with Crippen LogP contribution in [0, 0.1) is 4.77 Å². The fraction of sp³-hybridized carbons (Fsp3) is 0.571. The normalized spacial score (nSPS) is 11.5. The number of nitrogens with zero attached hydrogens (tertiary/aromatic N) is 2. The number of H-pyrrole nitrogens is 1. The van der Waals surface area contributed by atoms with E-state index in [2.05, 4.69) is 10.2 Å². The Labute approximate surface area is 80.9 Å². The zero-order chi connectivity index (χ0) is 10.1. The maximum absolute atomic E-state index is 10.8. The Hall–Kier alpha value is -1.17. The van der Waals surface area contributed by atoms with Crippen LogP contribution in [0.1, 0.15) is 20.3 Å². The number of rotatable bonds is 3. The molecule has 1 rings (SSSR count). The Bertz CT molecular complexity index is 365. The van der Waals surface area contributed by atoms with Gasteiger partial charge in [-0.3, -0.25) is 9.89 Å². The van der Waals surface area contributed by atoms with Crippen LogP contribution in [0.4, 0.5) is 0 Å². The quantitative estimate of drug-likeness (QED) is 0.699. The van der Waals surface area contributed by atoms with E-state index >= 15 is 0 Å². The molecular weight excluding hydrogens is 188 g/mol. The number of nitrogens with two attached hydrogens (primary N) is 1. The second kappa shape index (κ2) is 3.29. The molecule has 0 saturated heterocycles. The number of aromatic amines is 1. The maximum Gasteiger partial charge on any atom is 0.219 e. The van der Waals surface area contributed by atoms with Crippen molar-refractivity contribution in [1.29, 1.82) is 0 Å². The minimum absolute atomic E-state index is 0.237. The smallest absolute Gasteiger partial charge is 0.219 e. The summed E-state index contributed by atoms with van der Waals surface area (Å²) in [6, 6.07) is 0. The van der Waals surface area contributed by atoms with Gasteiger partial charge in [-0.15, -0.1) is 0 Å². The number of hydrogen-bond acceptors (Lipinski definition) is 3. The van der Waals surface area contributed by atoms with Crippen LogP contribution in [-0.4, -0.2) is 20.7 Å². The van der Waals surface area contributed by atoms with E-state index in [1.165, 1.54) is 0 Å². The SMILES string of the molecule is CC(C)(CC(N)=O)n1cn[nH]c1=S. The van der Waals surface area contributed by atoms with Crippen molar-refractivity contribution in [1.82, 2.24) is 14.8 Å². The molecule has 0 aliphatic heterocycles. The van der Waals surface area contributed by atoms with Gasteiger partial charge in [0.1, 0.15) is 6.33 Å². The zero-order valence-corrected chi connectivity index (χ0v) is 8.39. The summed E-state index contributed by atoms with van der Waals surface area (Å²) in [5.74, 6) is -0.354.